The van der Waals surface area contributed by atoms with Crippen LogP contribution in [0.25, 0.3) is 0 Å². The molecule has 0 radical (unpaired) electrons. The Labute approximate surface area is 112 Å². The summed E-state index contributed by atoms with van der Waals surface area (Å²) in [5.41, 5.74) is 0.895. The van der Waals surface area contributed by atoms with Crippen molar-refractivity contribution in [2.24, 2.45) is 0 Å². The van der Waals surface area contributed by atoms with Crippen LogP contribution in [0, 0.1) is 0 Å². The van der Waals surface area contributed by atoms with Gasteiger partial charge in [0.25, 0.3) is 0 Å². The Morgan fingerprint density at radius 2 is 1.95 bits per heavy atom. The van der Waals surface area contributed by atoms with Crippen molar-refractivity contribution in [3.05, 3.63) is 29.8 Å². The molecule has 0 aliphatic heterocycles. The lowest BCUT2D eigenvalue weighted by Gasteiger charge is -2.10. The van der Waals surface area contributed by atoms with Gasteiger partial charge in [-0.3, -0.25) is 4.79 Å². The molecule has 0 aromatic heterocycles. The number of hydrogen-bond acceptors (Lipinski definition) is 3. The van der Waals surface area contributed by atoms with Crippen LogP contribution in [0.15, 0.2) is 24.3 Å². The second-order valence-electron chi connectivity index (χ2n) is 3.84. The van der Waals surface area contributed by atoms with Gasteiger partial charge in [0.05, 0.1) is 7.11 Å². The van der Waals surface area contributed by atoms with Gasteiger partial charge in [-0.2, -0.15) is 0 Å². The van der Waals surface area contributed by atoms with E-state index in [0.717, 1.165) is 11.3 Å². The van der Waals surface area contributed by atoms with Crippen LogP contribution in [-0.2, 0) is 11.3 Å². The number of carbonyl (C=O) groups excluding carboxylic acids is 2. The van der Waals surface area contributed by atoms with E-state index in [9.17, 15) is 9.59 Å². The van der Waals surface area contributed by atoms with Crippen LogP contribution in [0.2, 0.25) is 0 Å². The highest BCUT2D eigenvalue weighted by Crippen LogP contribution is 2.16. The first kappa shape index (κ1) is 14.8. The van der Waals surface area contributed by atoms with Crippen molar-refractivity contribution in [2.45, 2.75) is 13.0 Å². The average molecular weight is 265 g/mol. The maximum atomic E-state index is 11.5. The smallest absolute Gasteiger partial charge is 0.315 e. The molecular weight excluding hydrogens is 246 g/mol. The van der Waals surface area contributed by atoms with E-state index in [2.05, 4.69) is 16.0 Å². The first-order valence-electron chi connectivity index (χ1n) is 6.01. The molecule has 0 aliphatic carbocycles. The number of methoxy groups -OCH3 is 1. The summed E-state index contributed by atoms with van der Waals surface area (Å²) in [7, 11) is 3.15. The zero-order valence-corrected chi connectivity index (χ0v) is 11.2. The first-order valence-corrected chi connectivity index (χ1v) is 6.01. The lowest BCUT2D eigenvalue weighted by Crippen LogP contribution is -2.37. The molecule has 0 atom stereocenters. The summed E-state index contributed by atoms with van der Waals surface area (Å²) < 4.78 is 5.18. The quantitative estimate of drug-likeness (QED) is 0.706. The number of benzene rings is 1. The van der Waals surface area contributed by atoms with Gasteiger partial charge < -0.3 is 20.7 Å². The summed E-state index contributed by atoms with van der Waals surface area (Å²) in [6.07, 6.45) is 0.262. The van der Waals surface area contributed by atoms with E-state index < -0.39 is 0 Å². The van der Waals surface area contributed by atoms with E-state index in [1.54, 1.807) is 14.2 Å². The van der Waals surface area contributed by atoms with Gasteiger partial charge in [-0.25, -0.2) is 4.79 Å². The molecule has 3 amide bonds. The van der Waals surface area contributed by atoms with Crippen LogP contribution in [0.1, 0.15) is 12.0 Å². The Hall–Kier alpha value is -2.24. The van der Waals surface area contributed by atoms with E-state index in [4.69, 9.17) is 4.74 Å². The van der Waals surface area contributed by atoms with Crippen LogP contribution < -0.4 is 20.7 Å². The third-order valence-electron chi connectivity index (χ3n) is 2.55. The van der Waals surface area contributed by atoms with Crippen molar-refractivity contribution >= 4 is 11.9 Å². The molecule has 0 saturated heterocycles. The van der Waals surface area contributed by atoms with Crippen molar-refractivity contribution in [1.29, 1.82) is 0 Å². The molecule has 104 valence electrons. The van der Waals surface area contributed by atoms with Gasteiger partial charge >= 0.3 is 6.03 Å². The minimum atomic E-state index is -0.310. The van der Waals surface area contributed by atoms with Gasteiger partial charge in [-0.05, 0) is 6.07 Å². The lowest BCUT2D eigenvalue weighted by molar-refractivity contribution is -0.120. The monoisotopic (exact) mass is 265 g/mol. The zero-order valence-electron chi connectivity index (χ0n) is 11.2. The third kappa shape index (κ3) is 5.29. The standard InChI is InChI=1S/C13H19N3O3/c1-14-12(17)7-8-15-13(18)16-9-10-5-3-4-6-11(10)19-2/h3-6H,7-9H2,1-2H3,(H,14,17)(H2,15,16,18). The fourth-order valence-corrected chi connectivity index (χ4v) is 1.50. The van der Waals surface area contributed by atoms with Gasteiger partial charge in [0.15, 0.2) is 0 Å². The molecule has 0 aliphatic rings. The molecule has 0 bridgehead atoms. The van der Waals surface area contributed by atoms with E-state index in [-0.39, 0.29) is 18.4 Å². The molecule has 1 rings (SSSR count). The van der Waals surface area contributed by atoms with Gasteiger partial charge in [0, 0.05) is 32.1 Å². The summed E-state index contributed by atoms with van der Waals surface area (Å²) in [5, 5.41) is 7.79. The molecule has 0 heterocycles. The number of urea groups is 1. The highest BCUT2D eigenvalue weighted by Gasteiger charge is 2.05. The topological polar surface area (TPSA) is 79.5 Å². The summed E-state index contributed by atoms with van der Waals surface area (Å²) in [6.45, 7) is 0.674. The van der Waals surface area contributed by atoms with Crippen molar-refractivity contribution in [3.8, 4) is 5.75 Å². The first-order chi connectivity index (χ1) is 9.17. The predicted octanol–water partition coefficient (Wildman–Crippen LogP) is 0.630. The molecule has 19 heavy (non-hydrogen) atoms. The molecule has 0 saturated carbocycles. The molecule has 1 aromatic carbocycles. The minimum Gasteiger partial charge on any atom is -0.496 e. The fraction of sp³-hybridized carbons (Fsp3) is 0.385. The maximum Gasteiger partial charge on any atom is 0.315 e. The van der Waals surface area contributed by atoms with E-state index in [1.165, 1.54) is 0 Å². The normalized spacial score (nSPS) is 9.58. The van der Waals surface area contributed by atoms with E-state index in [0.29, 0.717) is 13.1 Å². The lowest BCUT2D eigenvalue weighted by atomic mass is 10.2. The minimum absolute atomic E-state index is 0.106. The molecule has 6 heteroatoms. The van der Waals surface area contributed by atoms with Gasteiger partial charge in [0.1, 0.15) is 5.75 Å². The Bertz CT molecular complexity index is 435. The van der Waals surface area contributed by atoms with E-state index >= 15 is 0 Å². The molecule has 0 unspecified atom stereocenters. The number of nitrogens with one attached hydrogen (secondary N) is 3. The number of ether oxygens (including phenoxy) is 1. The third-order valence-corrected chi connectivity index (χ3v) is 2.55. The van der Waals surface area contributed by atoms with Crippen molar-refractivity contribution < 1.29 is 14.3 Å². The van der Waals surface area contributed by atoms with Gasteiger partial charge in [-0.1, -0.05) is 18.2 Å². The number of rotatable bonds is 6. The largest absolute Gasteiger partial charge is 0.496 e. The van der Waals surface area contributed by atoms with Crippen molar-refractivity contribution in [3.63, 3.8) is 0 Å². The summed E-state index contributed by atoms with van der Waals surface area (Å²) >= 11 is 0. The highest BCUT2D eigenvalue weighted by molar-refractivity contribution is 5.77. The molecule has 1 aromatic rings. The summed E-state index contributed by atoms with van der Waals surface area (Å²) in [5.74, 6) is 0.623. The molecule has 6 nitrogen and oxygen atoms in total. The van der Waals surface area contributed by atoms with Gasteiger partial charge in [-0.15, -0.1) is 0 Å². The highest BCUT2D eigenvalue weighted by atomic mass is 16.5. The van der Waals surface area contributed by atoms with Crippen LogP contribution in [0.3, 0.4) is 0 Å². The predicted molar refractivity (Wildman–Crippen MR) is 71.9 cm³/mol. The number of amides is 3. The number of carbonyl (C=O) groups is 2. The summed E-state index contributed by atoms with van der Waals surface area (Å²) in [6, 6.07) is 7.15. The van der Waals surface area contributed by atoms with Crippen LogP contribution in [0.4, 0.5) is 4.79 Å². The van der Waals surface area contributed by atoms with Crippen LogP contribution >= 0.6 is 0 Å². The zero-order chi connectivity index (χ0) is 14.1. The summed E-state index contributed by atoms with van der Waals surface area (Å²) in [4.78, 5) is 22.4. The SMILES string of the molecule is CNC(=O)CCNC(=O)NCc1ccccc1OC. The maximum absolute atomic E-state index is 11.5. The average Bonchev–Trinajstić information content (AvgIpc) is 2.45. The molecule has 3 N–H and O–H groups in total. The van der Waals surface area contributed by atoms with Crippen LogP contribution in [-0.4, -0.2) is 32.6 Å². The second kappa shape index (κ2) is 7.97. The Morgan fingerprint density at radius 3 is 2.63 bits per heavy atom. The van der Waals surface area contributed by atoms with Crippen LogP contribution in [0.5, 0.6) is 5.75 Å². The Kier molecular flexibility index (Phi) is 6.21. The second-order valence-corrected chi connectivity index (χ2v) is 3.84. The van der Waals surface area contributed by atoms with Crippen molar-refractivity contribution in [2.75, 3.05) is 20.7 Å². The number of para-hydroxylation sites is 1. The van der Waals surface area contributed by atoms with Gasteiger partial charge in [0.2, 0.25) is 5.91 Å². The molecule has 0 spiro atoms. The Morgan fingerprint density at radius 1 is 1.21 bits per heavy atom. The molecular formula is C13H19N3O3. The van der Waals surface area contributed by atoms with E-state index in [1.807, 2.05) is 24.3 Å². The fourth-order valence-electron chi connectivity index (χ4n) is 1.50. The van der Waals surface area contributed by atoms with Crippen molar-refractivity contribution in [1.82, 2.24) is 16.0 Å². The molecule has 0 fully saturated rings. The Balaban J connectivity index is 2.32. The number of hydrogen-bond donors (Lipinski definition) is 3.